The first-order chi connectivity index (χ1) is 15.6. The maximum atomic E-state index is 13.7. The van der Waals surface area contributed by atoms with Gasteiger partial charge >= 0.3 is 6.18 Å². The van der Waals surface area contributed by atoms with Crippen molar-refractivity contribution in [1.82, 2.24) is 10.3 Å². The van der Waals surface area contributed by atoms with Crippen LogP contribution in [0.3, 0.4) is 0 Å². The summed E-state index contributed by atoms with van der Waals surface area (Å²) in [5.74, 6) is -0.377. The summed E-state index contributed by atoms with van der Waals surface area (Å²) in [5, 5.41) is 14.1. The molecule has 0 aromatic heterocycles. The largest absolute Gasteiger partial charge is 0.418 e. The maximum Gasteiger partial charge on any atom is 0.418 e. The Morgan fingerprint density at radius 1 is 0.939 bits per heavy atom. The van der Waals surface area contributed by atoms with Crippen LogP contribution in [-0.2, 0) is 12.7 Å². The van der Waals surface area contributed by atoms with Gasteiger partial charge in [0.25, 0.3) is 5.91 Å². The Hall–Kier alpha value is -3.42. The second-order valence-electron chi connectivity index (χ2n) is 8.28. The van der Waals surface area contributed by atoms with Gasteiger partial charge < -0.3 is 5.32 Å². The first kappa shape index (κ1) is 24.2. The molecule has 0 fully saturated rings. The average molecular weight is 457 g/mol. The van der Waals surface area contributed by atoms with Gasteiger partial charge in [-0.25, -0.2) is 0 Å². The molecule has 174 valence electrons. The van der Waals surface area contributed by atoms with E-state index in [1.165, 1.54) is 12.1 Å². The van der Waals surface area contributed by atoms with Crippen molar-refractivity contribution in [2.24, 2.45) is 10.3 Å². The highest BCUT2D eigenvalue weighted by atomic mass is 19.4. The lowest BCUT2D eigenvalue weighted by atomic mass is 10.0. The molecule has 33 heavy (non-hydrogen) atoms. The zero-order chi connectivity index (χ0) is 24.2. The van der Waals surface area contributed by atoms with Gasteiger partial charge in [-0.1, -0.05) is 53.8 Å². The number of carbonyl (C=O) groups is 1. The van der Waals surface area contributed by atoms with Crippen molar-refractivity contribution in [1.29, 1.82) is 0 Å². The van der Waals surface area contributed by atoms with E-state index in [0.29, 0.717) is 5.56 Å². The summed E-state index contributed by atoms with van der Waals surface area (Å²) in [4.78, 5) is 12.9. The van der Waals surface area contributed by atoms with E-state index in [9.17, 15) is 18.0 Å². The van der Waals surface area contributed by atoms with Crippen LogP contribution < -0.4 is 5.32 Å². The Bertz CT molecular complexity index is 1140. The van der Waals surface area contributed by atoms with E-state index < -0.39 is 11.7 Å². The molecule has 3 rings (SSSR count). The molecule has 0 saturated heterocycles. The second kappa shape index (κ2) is 10.0. The van der Waals surface area contributed by atoms with Crippen molar-refractivity contribution in [3.63, 3.8) is 0 Å². The fraction of sp³-hybridized carbons (Fsp3) is 0.320. The normalized spacial score (nSPS) is 12.2. The van der Waals surface area contributed by atoms with Gasteiger partial charge in [-0.3, -0.25) is 9.80 Å². The molecular weight excluding hydrogens is 429 g/mol. The van der Waals surface area contributed by atoms with Crippen molar-refractivity contribution < 1.29 is 18.0 Å². The van der Waals surface area contributed by atoms with Crippen LogP contribution in [0.4, 0.5) is 18.9 Å². The van der Waals surface area contributed by atoms with E-state index in [-0.39, 0.29) is 35.8 Å². The third-order valence-corrected chi connectivity index (χ3v) is 5.20. The molecule has 3 aromatic carbocycles. The molecule has 0 unspecified atom stereocenters. The summed E-state index contributed by atoms with van der Waals surface area (Å²) >= 11 is 0. The maximum absolute atomic E-state index is 13.7. The smallest absolute Gasteiger partial charge is 0.348 e. The highest BCUT2D eigenvalue weighted by molar-refractivity contribution is 6.07. The van der Waals surface area contributed by atoms with Gasteiger partial charge in [-0.15, -0.1) is 5.11 Å². The summed E-state index contributed by atoms with van der Waals surface area (Å²) in [6, 6.07) is 16.5. The number of hydrogen-bond donors (Lipinski definition) is 1. The summed E-state index contributed by atoms with van der Waals surface area (Å²) in [6.07, 6.45) is -4.61. The van der Waals surface area contributed by atoms with Crippen LogP contribution in [0.1, 0.15) is 49.2 Å². The molecular formula is C25H27F3N4O. The molecule has 0 aliphatic heterocycles. The zero-order valence-electron chi connectivity index (χ0n) is 19.0. The SMILES string of the molecule is CC(C)N(N=Nc1c(CNC(=O)c2cccc3ccccc23)cccc1C(F)(F)F)C(C)C. The van der Waals surface area contributed by atoms with Gasteiger partial charge in [0, 0.05) is 24.2 Å². The summed E-state index contributed by atoms with van der Waals surface area (Å²) in [7, 11) is 0. The van der Waals surface area contributed by atoms with E-state index in [2.05, 4.69) is 15.7 Å². The molecule has 0 aliphatic carbocycles. The van der Waals surface area contributed by atoms with Crippen molar-refractivity contribution >= 4 is 22.4 Å². The quantitative estimate of drug-likeness (QED) is 0.310. The number of hydrogen-bond acceptors (Lipinski definition) is 3. The van der Waals surface area contributed by atoms with Crippen LogP contribution in [0.5, 0.6) is 0 Å². The summed E-state index contributed by atoms with van der Waals surface area (Å²) in [5.41, 5.74) is -0.506. The highest BCUT2D eigenvalue weighted by Crippen LogP contribution is 2.38. The van der Waals surface area contributed by atoms with Crippen LogP contribution >= 0.6 is 0 Å². The van der Waals surface area contributed by atoms with Crippen LogP contribution in [0.15, 0.2) is 71.0 Å². The molecule has 5 nitrogen and oxygen atoms in total. The van der Waals surface area contributed by atoms with Crippen LogP contribution in [-0.4, -0.2) is 23.0 Å². The number of nitrogens with one attached hydrogen (secondary N) is 1. The lowest BCUT2D eigenvalue weighted by Gasteiger charge is -2.26. The molecule has 0 atom stereocenters. The van der Waals surface area contributed by atoms with E-state index >= 15 is 0 Å². The zero-order valence-corrected chi connectivity index (χ0v) is 19.0. The molecule has 0 radical (unpaired) electrons. The van der Waals surface area contributed by atoms with Crippen LogP contribution in [0.2, 0.25) is 0 Å². The molecule has 0 bridgehead atoms. The van der Waals surface area contributed by atoms with Gasteiger partial charge in [0.1, 0.15) is 5.69 Å². The number of amides is 1. The standard InChI is InChI=1S/C25H27F3N4O/c1-16(2)32(17(3)4)31-30-23-19(11-8-14-22(23)25(26,27)28)15-29-24(33)21-13-7-10-18-9-5-6-12-20(18)21/h5-14,16-17H,15H2,1-4H3,(H,29,33). The van der Waals surface area contributed by atoms with Gasteiger partial charge in [0.05, 0.1) is 5.56 Å². The number of halogens is 3. The Morgan fingerprint density at radius 3 is 2.24 bits per heavy atom. The summed E-state index contributed by atoms with van der Waals surface area (Å²) in [6.45, 7) is 7.43. The van der Waals surface area contributed by atoms with Crippen LogP contribution in [0, 0.1) is 0 Å². The van der Waals surface area contributed by atoms with E-state index in [1.54, 1.807) is 17.1 Å². The number of alkyl halides is 3. The van der Waals surface area contributed by atoms with Crippen LogP contribution in [0.25, 0.3) is 10.8 Å². The third kappa shape index (κ3) is 5.69. The molecule has 0 saturated carbocycles. The van der Waals surface area contributed by atoms with Gasteiger partial charge in [-0.2, -0.15) is 13.2 Å². The summed E-state index contributed by atoms with van der Waals surface area (Å²) < 4.78 is 41.1. The minimum Gasteiger partial charge on any atom is -0.348 e. The molecule has 1 amide bonds. The molecule has 0 spiro atoms. The lowest BCUT2D eigenvalue weighted by molar-refractivity contribution is -0.137. The lowest BCUT2D eigenvalue weighted by Crippen LogP contribution is -2.31. The monoisotopic (exact) mass is 456 g/mol. The molecule has 0 heterocycles. The topological polar surface area (TPSA) is 57.1 Å². The van der Waals surface area contributed by atoms with Gasteiger partial charge in [0.2, 0.25) is 0 Å². The molecule has 0 aliphatic rings. The Morgan fingerprint density at radius 2 is 1.58 bits per heavy atom. The molecule has 1 N–H and O–H groups in total. The first-order valence-corrected chi connectivity index (χ1v) is 10.7. The number of fused-ring (bicyclic) bond motifs is 1. The number of rotatable bonds is 7. The highest BCUT2D eigenvalue weighted by Gasteiger charge is 2.35. The van der Waals surface area contributed by atoms with Crippen molar-refractivity contribution in [3.8, 4) is 0 Å². The Kier molecular flexibility index (Phi) is 7.36. The van der Waals surface area contributed by atoms with E-state index in [1.807, 2.05) is 58.0 Å². The predicted molar refractivity (Wildman–Crippen MR) is 123 cm³/mol. The second-order valence-corrected chi connectivity index (χ2v) is 8.28. The third-order valence-electron chi connectivity index (χ3n) is 5.20. The molecule has 3 aromatic rings. The van der Waals surface area contributed by atoms with Crippen molar-refractivity contribution in [2.45, 2.75) is 52.5 Å². The first-order valence-electron chi connectivity index (χ1n) is 10.7. The number of nitrogens with zero attached hydrogens (tertiary/aromatic N) is 3. The fourth-order valence-corrected chi connectivity index (χ4v) is 3.67. The molecule has 8 heteroatoms. The predicted octanol–water partition coefficient (Wildman–Crippen LogP) is 6.91. The average Bonchev–Trinajstić information content (AvgIpc) is 2.76. The minimum atomic E-state index is -4.61. The van der Waals surface area contributed by atoms with E-state index in [4.69, 9.17) is 0 Å². The van der Waals surface area contributed by atoms with Crippen molar-refractivity contribution in [2.75, 3.05) is 0 Å². The fourth-order valence-electron chi connectivity index (χ4n) is 3.67. The number of carbonyl (C=O) groups excluding carboxylic acids is 1. The Balaban J connectivity index is 1.93. The van der Waals surface area contributed by atoms with Gasteiger partial charge in [0.15, 0.2) is 0 Å². The van der Waals surface area contributed by atoms with E-state index in [0.717, 1.165) is 16.8 Å². The minimum absolute atomic E-state index is 0.0405. The Labute approximate surface area is 191 Å². The van der Waals surface area contributed by atoms with Gasteiger partial charge in [-0.05, 0) is 56.2 Å². The number of benzene rings is 3. The van der Waals surface area contributed by atoms with Crippen molar-refractivity contribution in [3.05, 3.63) is 77.4 Å².